The van der Waals surface area contributed by atoms with Crippen molar-refractivity contribution in [2.45, 2.75) is 51.5 Å². The Balaban J connectivity index is 2.09. The van der Waals surface area contributed by atoms with Gasteiger partial charge in [0, 0.05) is 18.9 Å². The molecule has 0 aromatic heterocycles. The fourth-order valence-electron chi connectivity index (χ4n) is 2.90. The summed E-state index contributed by atoms with van der Waals surface area (Å²) in [7, 11) is 0. The van der Waals surface area contributed by atoms with Crippen LogP contribution in [0.3, 0.4) is 0 Å². The summed E-state index contributed by atoms with van der Waals surface area (Å²) < 4.78 is 26.3. The minimum absolute atomic E-state index is 0.0177. The van der Waals surface area contributed by atoms with E-state index in [1.165, 1.54) is 11.1 Å². The van der Waals surface area contributed by atoms with Gasteiger partial charge in [0.15, 0.2) is 0 Å². The molecule has 1 nitrogen and oxygen atoms in total. The highest BCUT2D eigenvalue weighted by Gasteiger charge is 2.37. The lowest BCUT2D eigenvalue weighted by atomic mass is 9.79. The normalized spacial score (nSPS) is 21.8. The highest BCUT2D eigenvalue weighted by Crippen LogP contribution is 2.40. The van der Waals surface area contributed by atoms with Crippen LogP contribution in [0.1, 0.15) is 48.4 Å². The molecule has 18 heavy (non-hydrogen) atoms. The van der Waals surface area contributed by atoms with E-state index < -0.39 is 5.92 Å². The molecule has 1 aromatic rings. The van der Waals surface area contributed by atoms with Crippen LogP contribution in [-0.4, -0.2) is 5.92 Å². The number of nitrogens with two attached hydrogens (primary N) is 1. The second kappa shape index (κ2) is 4.96. The molecule has 0 radical (unpaired) electrons. The van der Waals surface area contributed by atoms with Crippen LogP contribution in [0.5, 0.6) is 0 Å². The maximum absolute atomic E-state index is 13.1. The number of hydrogen-bond acceptors (Lipinski definition) is 1. The van der Waals surface area contributed by atoms with Crippen LogP contribution < -0.4 is 5.73 Å². The van der Waals surface area contributed by atoms with Gasteiger partial charge in [0.05, 0.1) is 0 Å². The Morgan fingerprint density at radius 2 is 1.61 bits per heavy atom. The SMILES string of the molecule is Cc1cc(C)cc(C(N)C2CCC(F)(F)CC2)c1. The third-order valence-electron chi connectivity index (χ3n) is 3.90. The Morgan fingerprint density at radius 1 is 1.11 bits per heavy atom. The van der Waals surface area contributed by atoms with Gasteiger partial charge in [-0.3, -0.25) is 0 Å². The summed E-state index contributed by atoms with van der Waals surface area (Å²) in [6.07, 6.45) is 1.02. The lowest BCUT2D eigenvalue weighted by Gasteiger charge is -2.32. The van der Waals surface area contributed by atoms with Crippen molar-refractivity contribution >= 4 is 0 Å². The molecule has 1 aliphatic rings. The molecule has 0 heterocycles. The van der Waals surface area contributed by atoms with E-state index in [1.54, 1.807) is 0 Å². The average Bonchev–Trinajstić information content (AvgIpc) is 2.27. The zero-order valence-corrected chi connectivity index (χ0v) is 11.0. The third-order valence-corrected chi connectivity index (χ3v) is 3.90. The maximum Gasteiger partial charge on any atom is 0.248 e. The average molecular weight is 253 g/mol. The lowest BCUT2D eigenvalue weighted by molar-refractivity contribution is -0.0483. The summed E-state index contributed by atoms with van der Waals surface area (Å²) in [6.45, 7) is 4.08. The van der Waals surface area contributed by atoms with Crippen LogP contribution in [0.4, 0.5) is 8.78 Å². The van der Waals surface area contributed by atoms with Crippen LogP contribution in [0.15, 0.2) is 18.2 Å². The zero-order valence-electron chi connectivity index (χ0n) is 11.0. The third kappa shape index (κ3) is 3.08. The number of hydrogen-bond donors (Lipinski definition) is 1. The van der Waals surface area contributed by atoms with Crippen molar-refractivity contribution in [1.82, 2.24) is 0 Å². The van der Waals surface area contributed by atoms with Gasteiger partial charge in [-0.05, 0) is 38.2 Å². The minimum Gasteiger partial charge on any atom is -0.324 e. The standard InChI is InChI=1S/C15H21F2N/c1-10-7-11(2)9-13(8-10)14(18)12-3-5-15(16,17)6-4-12/h7-9,12,14H,3-6,18H2,1-2H3. The summed E-state index contributed by atoms with van der Waals surface area (Å²) in [4.78, 5) is 0. The van der Waals surface area contributed by atoms with E-state index in [1.807, 2.05) is 13.8 Å². The van der Waals surface area contributed by atoms with Crippen molar-refractivity contribution in [2.24, 2.45) is 11.7 Å². The number of benzene rings is 1. The fourth-order valence-corrected chi connectivity index (χ4v) is 2.90. The first-order chi connectivity index (χ1) is 8.37. The van der Waals surface area contributed by atoms with Crippen molar-refractivity contribution in [3.8, 4) is 0 Å². The van der Waals surface area contributed by atoms with Gasteiger partial charge in [0.2, 0.25) is 5.92 Å². The van der Waals surface area contributed by atoms with Crippen LogP contribution in [-0.2, 0) is 0 Å². The van der Waals surface area contributed by atoms with E-state index >= 15 is 0 Å². The molecule has 0 saturated heterocycles. The Labute approximate surface area is 107 Å². The molecule has 0 aliphatic heterocycles. The molecule has 2 rings (SSSR count). The van der Waals surface area contributed by atoms with Gasteiger partial charge < -0.3 is 5.73 Å². The number of halogens is 2. The highest BCUT2D eigenvalue weighted by molar-refractivity contribution is 5.30. The van der Waals surface area contributed by atoms with E-state index in [0.29, 0.717) is 12.8 Å². The molecular formula is C15H21F2N. The van der Waals surface area contributed by atoms with E-state index in [9.17, 15) is 8.78 Å². The molecule has 1 atom stereocenters. The maximum atomic E-state index is 13.1. The van der Waals surface area contributed by atoms with Crippen LogP contribution in [0, 0.1) is 19.8 Å². The smallest absolute Gasteiger partial charge is 0.248 e. The first kappa shape index (κ1) is 13.5. The second-order valence-electron chi connectivity index (χ2n) is 5.64. The summed E-state index contributed by atoms with van der Waals surface area (Å²) in [5, 5.41) is 0. The Bertz CT molecular complexity index is 398. The van der Waals surface area contributed by atoms with Crippen molar-refractivity contribution in [3.63, 3.8) is 0 Å². The van der Waals surface area contributed by atoms with Gasteiger partial charge in [0.25, 0.3) is 0 Å². The molecule has 1 saturated carbocycles. The fraction of sp³-hybridized carbons (Fsp3) is 0.600. The van der Waals surface area contributed by atoms with E-state index in [4.69, 9.17) is 5.73 Å². The lowest BCUT2D eigenvalue weighted by Crippen LogP contribution is -2.31. The molecule has 0 amide bonds. The molecule has 1 aromatic carbocycles. The number of aryl methyl sites for hydroxylation is 2. The Kier molecular flexibility index (Phi) is 3.71. The summed E-state index contributed by atoms with van der Waals surface area (Å²) >= 11 is 0. The Hall–Kier alpha value is -0.960. The van der Waals surface area contributed by atoms with Gasteiger partial charge in [-0.15, -0.1) is 0 Å². The summed E-state index contributed by atoms with van der Waals surface area (Å²) in [5.74, 6) is -2.29. The summed E-state index contributed by atoms with van der Waals surface area (Å²) in [6, 6.07) is 6.14. The molecule has 1 aliphatic carbocycles. The Morgan fingerprint density at radius 3 is 2.11 bits per heavy atom. The molecule has 1 unspecified atom stereocenters. The highest BCUT2D eigenvalue weighted by atomic mass is 19.3. The van der Waals surface area contributed by atoms with Crippen LogP contribution in [0.25, 0.3) is 0 Å². The zero-order chi connectivity index (χ0) is 13.3. The number of rotatable bonds is 2. The molecule has 0 bridgehead atoms. The molecule has 100 valence electrons. The molecule has 0 spiro atoms. The van der Waals surface area contributed by atoms with Gasteiger partial charge in [-0.25, -0.2) is 8.78 Å². The summed E-state index contributed by atoms with van der Waals surface area (Å²) in [5.41, 5.74) is 9.70. The molecule has 1 fully saturated rings. The predicted molar refractivity (Wildman–Crippen MR) is 69.7 cm³/mol. The van der Waals surface area contributed by atoms with Crippen molar-refractivity contribution in [2.75, 3.05) is 0 Å². The molecule has 2 N–H and O–H groups in total. The van der Waals surface area contributed by atoms with Crippen LogP contribution in [0.2, 0.25) is 0 Å². The van der Waals surface area contributed by atoms with Gasteiger partial charge >= 0.3 is 0 Å². The first-order valence-corrected chi connectivity index (χ1v) is 6.59. The largest absolute Gasteiger partial charge is 0.324 e. The second-order valence-corrected chi connectivity index (χ2v) is 5.64. The van der Waals surface area contributed by atoms with Crippen molar-refractivity contribution < 1.29 is 8.78 Å². The minimum atomic E-state index is -2.47. The first-order valence-electron chi connectivity index (χ1n) is 6.59. The van der Waals surface area contributed by atoms with E-state index in [0.717, 1.165) is 5.56 Å². The van der Waals surface area contributed by atoms with E-state index in [2.05, 4.69) is 18.2 Å². The van der Waals surface area contributed by atoms with Gasteiger partial charge in [-0.1, -0.05) is 29.3 Å². The van der Waals surface area contributed by atoms with Crippen LogP contribution >= 0.6 is 0 Å². The van der Waals surface area contributed by atoms with Gasteiger partial charge in [0.1, 0.15) is 0 Å². The van der Waals surface area contributed by atoms with Gasteiger partial charge in [-0.2, -0.15) is 0 Å². The monoisotopic (exact) mass is 253 g/mol. The molecular weight excluding hydrogens is 232 g/mol. The topological polar surface area (TPSA) is 26.0 Å². The molecule has 3 heteroatoms. The van der Waals surface area contributed by atoms with Crippen molar-refractivity contribution in [1.29, 1.82) is 0 Å². The van der Waals surface area contributed by atoms with Crippen molar-refractivity contribution in [3.05, 3.63) is 34.9 Å². The predicted octanol–water partition coefficient (Wildman–Crippen LogP) is 4.13. The number of alkyl halides is 2. The quantitative estimate of drug-likeness (QED) is 0.842. The van der Waals surface area contributed by atoms with E-state index in [-0.39, 0.29) is 24.8 Å².